The Labute approximate surface area is 120 Å². The minimum absolute atomic E-state index is 0.286. The number of hydrogen-bond donors (Lipinski definition) is 1. The Morgan fingerprint density at radius 1 is 1.11 bits per heavy atom. The third-order valence-corrected chi connectivity index (χ3v) is 5.27. The molecule has 1 aromatic rings. The summed E-state index contributed by atoms with van der Waals surface area (Å²) in [6.45, 7) is 0.958. The molecule has 0 atom stereocenters. The molecule has 1 heterocycles. The fourth-order valence-corrected chi connectivity index (χ4v) is 3.79. The molecular formula is C15H22ClN3. The lowest BCUT2D eigenvalue weighted by Crippen LogP contribution is -2.29. The van der Waals surface area contributed by atoms with E-state index in [2.05, 4.69) is 15.3 Å². The summed E-state index contributed by atoms with van der Waals surface area (Å²) >= 11 is 6.20. The highest BCUT2D eigenvalue weighted by molar-refractivity contribution is 6.18. The minimum atomic E-state index is 0.286. The van der Waals surface area contributed by atoms with Crippen LogP contribution in [0.2, 0.25) is 0 Å². The number of hydrogen-bond acceptors (Lipinski definition) is 3. The Kier molecular flexibility index (Phi) is 3.92. The molecule has 0 bridgehead atoms. The zero-order chi connectivity index (χ0) is 13.1. The van der Waals surface area contributed by atoms with E-state index < -0.39 is 0 Å². The Hall–Kier alpha value is -0.830. The van der Waals surface area contributed by atoms with Crippen LogP contribution >= 0.6 is 11.6 Å². The first-order chi connectivity index (χ1) is 9.33. The van der Waals surface area contributed by atoms with Crippen LogP contribution in [0.3, 0.4) is 0 Å². The first kappa shape index (κ1) is 13.2. The number of nitrogens with zero attached hydrogens (tertiary/aromatic N) is 2. The minimum Gasteiger partial charge on any atom is -0.369 e. The van der Waals surface area contributed by atoms with Crippen LogP contribution in [0, 0.1) is 5.41 Å². The van der Waals surface area contributed by atoms with Crippen LogP contribution < -0.4 is 5.32 Å². The molecule has 104 valence electrons. The van der Waals surface area contributed by atoms with Gasteiger partial charge in [0.2, 0.25) is 0 Å². The van der Waals surface area contributed by atoms with Gasteiger partial charge in [-0.05, 0) is 38.5 Å². The summed E-state index contributed by atoms with van der Waals surface area (Å²) < 4.78 is 0. The van der Waals surface area contributed by atoms with Gasteiger partial charge in [-0.2, -0.15) is 0 Å². The van der Waals surface area contributed by atoms with Crippen LogP contribution in [0.4, 0.5) is 5.82 Å². The van der Waals surface area contributed by atoms with E-state index in [1.54, 1.807) is 6.33 Å². The Morgan fingerprint density at radius 3 is 2.68 bits per heavy atom. The molecule has 1 aromatic heterocycles. The molecule has 3 nitrogen and oxygen atoms in total. The van der Waals surface area contributed by atoms with Crippen molar-refractivity contribution in [1.29, 1.82) is 0 Å². The Balaban J connectivity index is 1.73. The lowest BCUT2D eigenvalue weighted by Gasteiger charge is -2.28. The standard InChI is InChI=1S/C15H22ClN3/c16-9-15(7-3-4-8-15)10-17-14-12-5-1-2-6-13(12)18-11-19-14/h11H,1-10H2,(H,17,18,19). The maximum Gasteiger partial charge on any atom is 0.132 e. The number of aromatic nitrogens is 2. The van der Waals surface area contributed by atoms with Gasteiger partial charge >= 0.3 is 0 Å². The zero-order valence-corrected chi connectivity index (χ0v) is 12.2. The predicted octanol–water partition coefficient (Wildman–Crippen LogP) is 3.57. The van der Waals surface area contributed by atoms with Crippen LogP contribution in [0.5, 0.6) is 0 Å². The molecule has 0 unspecified atom stereocenters. The van der Waals surface area contributed by atoms with Gasteiger partial charge < -0.3 is 5.32 Å². The van der Waals surface area contributed by atoms with Crippen LogP contribution in [-0.2, 0) is 12.8 Å². The van der Waals surface area contributed by atoms with Crippen molar-refractivity contribution in [2.45, 2.75) is 51.4 Å². The highest BCUT2D eigenvalue weighted by Crippen LogP contribution is 2.39. The van der Waals surface area contributed by atoms with Crippen LogP contribution in [0.25, 0.3) is 0 Å². The molecule has 4 heteroatoms. The van der Waals surface area contributed by atoms with Gasteiger partial charge in [0.1, 0.15) is 12.1 Å². The second-order valence-electron chi connectivity index (χ2n) is 6.05. The Bertz CT molecular complexity index is 441. The van der Waals surface area contributed by atoms with Gasteiger partial charge in [-0.25, -0.2) is 9.97 Å². The number of fused-ring (bicyclic) bond motifs is 1. The molecule has 0 radical (unpaired) electrons. The molecule has 0 amide bonds. The summed E-state index contributed by atoms with van der Waals surface area (Å²) in [6.07, 6.45) is 11.6. The summed E-state index contributed by atoms with van der Waals surface area (Å²) in [5.74, 6) is 1.81. The predicted molar refractivity (Wildman–Crippen MR) is 78.8 cm³/mol. The zero-order valence-electron chi connectivity index (χ0n) is 11.4. The summed E-state index contributed by atoms with van der Waals surface area (Å²) in [5, 5.41) is 3.57. The van der Waals surface area contributed by atoms with Crippen LogP contribution in [0.1, 0.15) is 49.8 Å². The molecule has 1 fully saturated rings. The normalized spacial score (nSPS) is 21.1. The molecule has 1 N–H and O–H groups in total. The largest absolute Gasteiger partial charge is 0.369 e. The molecule has 1 saturated carbocycles. The average Bonchev–Trinajstić information content (AvgIpc) is 2.94. The topological polar surface area (TPSA) is 37.8 Å². The van der Waals surface area contributed by atoms with Gasteiger partial charge in [-0.3, -0.25) is 0 Å². The SMILES string of the molecule is ClCC1(CNc2ncnc3c2CCCC3)CCCC1. The maximum atomic E-state index is 6.20. The first-order valence-corrected chi connectivity index (χ1v) is 7.99. The summed E-state index contributed by atoms with van der Waals surface area (Å²) in [6, 6.07) is 0. The second kappa shape index (κ2) is 5.66. The van der Waals surface area contributed by atoms with Crippen LogP contribution in [-0.4, -0.2) is 22.4 Å². The van der Waals surface area contributed by atoms with E-state index in [4.69, 9.17) is 11.6 Å². The molecule has 0 aromatic carbocycles. The lowest BCUT2D eigenvalue weighted by atomic mass is 9.88. The van der Waals surface area contributed by atoms with Gasteiger partial charge in [0.05, 0.1) is 0 Å². The molecular weight excluding hydrogens is 258 g/mol. The summed E-state index contributed by atoms with van der Waals surface area (Å²) in [4.78, 5) is 8.87. The fraction of sp³-hybridized carbons (Fsp3) is 0.733. The fourth-order valence-electron chi connectivity index (χ4n) is 3.43. The third-order valence-electron chi connectivity index (χ3n) is 4.70. The third kappa shape index (κ3) is 2.71. The van der Waals surface area contributed by atoms with Crippen molar-refractivity contribution in [3.63, 3.8) is 0 Å². The van der Waals surface area contributed by atoms with Gasteiger partial charge in [0.25, 0.3) is 0 Å². The molecule has 19 heavy (non-hydrogen) atoms. The van der Waals surface area contributed by atoms with Gasteiger partial charge in [-0.15, -0.1) is 11.6 Å². The van der Waals surface area contributed by atoms with E-state index in [9.17, 15) is 0 Å². The molecule has 2 aliphatic rings. The van der Waals surface area contributed by atoms with E-state index in [0.29, 0.717) is 0 Å². The van der Waals surface area contributed by atoms with Crippen molar-refractivity contribution in [3.05, 3.63) is 17.6 Å². The number of nitrogens with one attached hydrogen (secondary N) is 1. The summed E-state index contributed by atoms with van der Waals surface area (Å²) in [7, 11) is 0. The van der Waals surface area contributed by atoms with Crippen molar-refractivity contribution in [2.75, 3.05) is 17.7 Å². The van der Waals surface area contributed by atoms with E-state index in [1.807, 2.05) is 0 Å². The maximum absolute atomic E-state index is 6.20. The van der Waals surface area contributed by atoms with E-state index >= 15 is 0 Å². The number of aryl methyl sites for hydroxylation is 1. The highest BCUT2D eigenvalue weighted by Gasteiger charge is 2.33. The van der Waals surface area contributed by atoms with E-state index in [-0.39, 0.29) is 5.41 Å². The van der Waals surface area contributed by atoms with Crippen molar-refractivity contribution in [1.82, 2.24) is 9.97 Å². The van der Waals surface area contributed by atoms with Gasteiger partial charge in [0.15, 0.2) is 0 Å². The number of anilines is 1. The molecule has 0 saturated heterocycles. The molecule has 2 aliphatic carbocycles. The quantitative estimate of drug-likeness (QED) is 0.857. The lowest BCUT2D eigenvalue weighted by molar-refractivity contribution is 0.368. The second-order valence-corrected chi connectivity index (χ2v) is 6.32. The molecule has 3 rings (SSSR count). The van der Waals surface area contributed by atoms with E-state index in [0.717, 1.165) is 31.1 Å². The molecule has 0 spiro atoms. The number of halogens is 1. The van der Waals surface area contributed by atoms with E-state index in [1.165, 1.54) is 49.8 Å². The van der Waals surface area contributed by atoms with Crippen molar-refractivity contribution >= 4 is 17.4 Å². The van der Waals surface area contributed by atoms with Gasteiger partial charge in [0, 0.05) is 29.1 Å². The van der Waals surface area contributed by atoms with Crippen molar-refractivity contribution < 1.29 is 0 Å². The number of rotatable bonds is 4. The monoisotopic (exact) mass is 279 g/mol. The Morgan fingerprint density at radius 2 is 1.89 bits per heavy atom. The van der Waals surface area contributed by atoms with Crippen molar-refractivity contribution in [2.24, 2.45) is 5.41 Å². The van der Waals surface area contributed by atoms with Gasteiger partial charge in [-0.1, -0.05) is 12.8 Å². The smallest absolute Gasteiger partial charge is 0.132 e. The highest BCUT2D eigenvalue weighted by atomic mass is 35.5. The average molecular weight is 280 g/mol. The molecule has 0 aliphatic heterocycles. The first-order valence-electron chi connectivity index (χ1n) is 7.46. The van der Waals surface area contributed by atoms with Crippen molar-refractivity contribution in [3.8, 4) is 0 Å². The van der Waals surface area contributed by atoms with Crippen LogP contribution in [0.15, 0.2) is 6.33 Å². The summed E-state index contributed by atoms with van der Waals surface area (Å²) in [5.41, 5.74) is 2.88. The number of alkyl halides is 1.